The van der Waals surface area contributed by atoms with Gasteiger partial charge in [0.15, 0.2) is 0 Å². The summed E-state index contributed by atoms with van der Waals surface area (Å²) in [6.45, 7) is 2.34. The Labute approximate surface area is 164 Å². The van der Waals surface area contributed by atoms with E-state index in [9.17, 15) is 8.42 Å². The maximum absolute atomic E-state index is 13.1. The first kappa shape index (κ1) is 17.3. The Hall–Kier alpha value is -2.83. The Morgan fingerprint density at radius 3 is 2.36 bits per heavy atom. The summed E-state index contributed by atoms with van der Waals surface area (Å²) in [5, 5.41) is 3.16. The molecular weight excluding hydrogens is 370 g/mol. The van der Waals surface area contributed by atoms with E-state index >= 15 is 0 Å². The zero-order valence-electron chi connectivity index (χ0n) is 15.4. The van der Waals surface area contributed by atoms with Crippen molar-refractivity contribution in [3.05, 3.63) is 72.9 Å². The number of H-pyrrole nitrogens is 1. The SMILES string of the molecule is O=S(=O)(c1ccc2ccccc2c1)N1CCN(c2ccc3[nH]ccc3c2)CC1. The fourth-order valence-corrected chi connectivity index (χ4v) is 5.36. The van der Waals surface area contributed by atoms with E-state index in [1.54, 1.807) is 16.4 Å². The molecule has 0 saturated carbocycles. The molecule has 142 valence electrons. The summed E-state index contributed by atoms with van der Waals surface area (Å²) in [5.41, 5.74) is 2.25. The van der Waals surface area contributed by atoms with Gasteiger partial charge in [-0.25, -0.2) is 8.42 Å². The van der Waals surface area contributed by atoms with Gasteiger partial charge in [0.25, 0.3) is 0 Å². The molecule has 6 heteroatoms. The molecule has 4 aromatic rings. The Bertz CT molecular complexity index is 1260. The summed E-state index contributed by atoms with van der Waals surface area (Å²) in [6, 6.07) is 21.6. The van der Waals surface area contributed by atoms with Crippen molar-refractivity contribution in [1.82, 2.24) is 9.29 Å². The number of benzene rings is 3. The van der Waals surface area contributed by atoms with E-state index in [0.717, 1.165) is 22.0 Å². The average molecular weight is 391 g/mol. The number of aromatic amines is 1. The summed E-state index contributed by atoms with van der Waals surface area (Å²) in [4.78, 5) is 5.82. The molecule has 5 nitrogen and oxygen atoms in total. The number of hydrogen-bond donors (Lipinski definition) is 1. The molecule has 0 amide bonds. The van der Waals surface area contributed by atoms with Crippen LogP contribution in [0.2, 0.25) is 0 Å². The van der Waals surface area contributed by atoms with Crippen LogP contribution in [0.3, 0.4) is 0 Å². The Balaban J connectivity index is 1.36. The van der Waals surface area contributed by atoms with Crippen LogP contribution in [0, 0.1) is 0 Å². The van der Waals surface area contributed by atoms with Gasteiger partial charge in [-0.15, -0.1) is 0 Å². The fourth-order valence-electron chi connectivity index (χ4n) is 3.90. The van der Waals surface area contributed by atoms with Crippen molar-refractivity contribution in [3.63, 3.8) is 0 Å². The van der Waals surface area contributed by atoms with Crippen LogP contribution in [-0.2, 0) is 10.0 Å². The van der Waals surface area contributed by atoms with Crippen LogP contribution < -0.4 is 4.90 Å². The summed E-state index contributed by atoms with van der Waals surface area (Å²) in [6.07, 6.45) is 1.93. The number of rotatable bonds is 3. The highest BCUT2D eigenvalue weighted by Crippen LogP contribution is 2.26. The molecular formula is C22H21N3O2S. The van der Waals surface area contributed by atoms with Crippen LogP contribution in [0.5, 0.6) is 0 Å². The molecule has 3 aromatic carbocycles. The van der Waals surface area contributed by atoms with Gasteiger partial charge in [-0.3, -0.25) is 0 Å². The predicted molar refractivity (Wildman–Crippen MR) is 113 cm³/mol. The third-order valence-electron chi connectivity index (χ3n) is 5.50. The van der Waals surface area contributed by atoms with Gasteiger partial charge >= 0.3 is 0 Å². The number of piperazine rings is 1. The van der Waals surface area contributed by atoms with Crippen LogP contribution in [0.1, 0.15) is 0 Å². The van der Waals surface area contributed by atoms with E-state index in [1.165, 1.54) is 5.39 Å². The van der Waals surface area contributed by atoms with Crippen LogP contribution in [0.15, 0.2) is 77.8 Å². The van der Waals surface area contributed by atoms with Gasteiger partial charge in [-0.1, -0.05) is 30.3 Å². The lowest BCUT2D eigenvalue weighted by Gasteiger charge is -2.35. The second-order valence-corrected chi connectivity index (χ2v) is 9.09. The molecule has 0 spiro atoms. The molecule has 28 heavy (non-hydrogen) atoms. The van der Waals surface area contributed by atoms with Gasteiger partial charge in [-0.05, 0) is 47.2 Å². The summed E-state index contributed by atoms with van der Waals surface area (Å²) < 4.78 is 27.8. The van der Waals surface area contributed by atoms with Crippen molar-refractivity contribution >= 4 is 37.4 Å². The lowest BCUT2D eigenvalue weighted by atomic mass is 10.1. The minimum absolute atomic E-state index is 0.369. The van der Waals surface area contributed by atoms with Crippen molar-refractivity contribution in [1.29, 1.82) is 0 Å². The third kappa shape index (κ3) is 2.95. The molecule has 0 aliphatic carbocycles. The van der Waals surface area contributed by atoms with E-state index in [1.807, 2.05) is 36.5 Å². The first-order valence-electron chi connectivity index (χ1n) is 9.42. The fraction of sp³-hybridized carbons (Fsp3) is 0.182. The number of nitrogens with one attached hydrogen (secondary N) is 1. The summed E-state index contributed by atoms with van der Waals surface area (Å²) in [7, 11) is -3.48. The lowest BCUT2D eigenvalue weighted by Crippen LogP contribution is -2.48. The summed E-state index contributed by atoms with van der Waals surface area (Å²) >= 11 is 0. The van der Waals surface area contributed by atoms with Crippen molar-refractivity contribution in [2.45, 2.75) is 4.90 Å². The maximum atomic E-state index is 13.1. The molecule has 0 atom stereocenters. The maximum Gasteiger partial charge on any atom is 0.243 e. The van der Waals surface area contributed by atoms with Crippen molar-refractivity contribution in [2.75, 3.05) is 31.1 Å². The van der Waals surface area contributed by atoms with E-state index in [-0.39, 0.29) is 0 Å². The highest BCUT2D eigenvalue weighted by molar-refractivity contribution is 7.89. The van der Waals surface area contributed by atoms with E-state index in [2.05, 4.69) is 34.1 Å². The monoisotopic (exact) mass is 391 g/mol. The number of sulfonamides is 1. The van der Waals surface area contributed by atoms with Crippen LogP contribution in [0.25, 0.3) is 21.7 Å². The van der Waals surface area contributed by atoms with Crippen LogP contribution >= 0.6 is 0 Å². The largest absolute Gasteiger partial charge is 0.369 e. The van der Waals surface area contributed by atoms with Gasteiger partial charge in [0.2, 0.25) is 10.0 Å². The molecule has 1 aromatic heterocycles. The molecule has 0 unspecified atom stereocenters. The average Bonchev–Trinajstić information content (AvgIpc) is 3.21. The van der Waals surface area contributed by atoms with E-state index in [4.69, 9.17) is 0 Å². The highest BCUT2D eigenvalue weighted by atomic mass is 32.2. The zero-order valence-corrected chi connectivity index (χ0v) is 16.2. The molecule has 1 aliphatic heterocycles. The molecule has 1 saturated heterocycles. The molecule has 1 fully saturated rings. The predicted octanol–water partition coefficient (Wildman–Crippen LogP) is 3.83. The van der Waals surface area contributed by atoms with Gasteiger partial charge in [0.1, 0.15) is 0 Å². The molecule has 2 heterocycles. The second kappa shape index (κ2) is 6.65. The smallest absolute Gasteiger partial charge is 0.243 e. The van der Waals surface area contributed by atoms with E-state index in [0.29, 0.717) is 31.1 Å². The van der Waals surface area contributed by atoms with Gasteiger partial charge in [-0.2, -0.15) is 4.31 Å². The molecule has 1 aliphatic rings. The van der Waals surface area contributed by atoms with Crippen molar-refractivity contribution in [2.24, 2.45) is 0 Å². The number of fused-ring (bicyclic) bond motifs is 2. The second-order valence-electron chi connectivity index (χ2n) is 7.15. The number of aromatic nitrogens is 1. The Kier molecular flexibility index (Phi) is 4.10. The minimum atomic E-state index is -3.48. The molecule has 0 bridgehead atoms. The van der Waals surface area contributed by atoms with Gasteiger partial charge in [0, 0.05) is 49.0 Å². The minimum Gasteiger partial charge on any atom is -0.369 e. The standard InChI is InChI=1S/C22H21N3O2S/c26-28(27,21-7-5-17-3-1-2-4-18(17)16-21)25-13-11-24(12-14-25)20-6-8-22-19(15-20)9-10-23-22/h1-10,15-16,23H,11-14H2. The van der Waals surface area contributed by atoms with Gasteiger partial charge < -0.3 is 9.88 Å². The first-order chi connectivity index (χ1) is 13.6. The molecule has 5 rings (SSSR count). The topological polar surface area (TPSA) is 56.4 Å². The summed E-state index contributed by atoms with van der Waals surface area (Å²) in [5.74, 6) is 0. The van der Waals surface area contributed by atoms with E-state index < -0.39 is 10.0 Å². The van der Waals surface area contributed by atoms with Gasteiger partial charge in [0.05, 0.1) is 4.90 Å². The van der Waals surface area contributed by atoms with Crippen LogP contribution in [-0.4, -0.2) is 43.9 Å². The highest BCUT2D eigenvalue weighted by Gasteiger charge is 2.28. The number of nitrogens with zero attached hydrogens (tertiary/aromatic N) is 2. The first-order valence-corrected chi connectivity index (χ1v) is 10.9. The van der Waals surface area contributed by atoms with Crippen molar-refractivity contribution in [3.8, 4) is 0 Å². The molecule has 0 radical (unpaired) electrons. The molecule has 1 N–H and O–H groups in total. The third-order valence-corrected chi connectivity index (χ3v) is 7.39. The zero-order chi connectivity index (χ0) is 19.1. The van der Waals surface area contributed by atoms with Crippen molar-refractivity contribution < 1.29 is 8.42 Å². The number of anilines is 1. The van der Waals surface area contributed by atoms with Crippen LogP contribution in [0.4, 0.5) is 5.69 Å². The normalized spacial score (nSPS) is 16.1. The lowest BCUT2D eigenvalue weighted by molar-refractivity contribution is 0.385. The Morgan fingerprint density at radius 2 is 1.54 bits per heavy atom. The number of hydrogen-bond acceptors (Lipinski definition) is 3. The Morgan fingerprint density at radius 1 is 0.750 bits per heavy atom. The quantitative estimate of drug-likeness (QED) is 0.577.